The van der Waals surface area contributed by atoms with Crippen molar-refractivity contribution in [3.63, 3.8) is 0 Å². The third-order valence-electron chi connectivity index (χ3n) is 4.48. The molecule has 1 aliphatic carbocycles. The second kappa shape index (κ2) is 7.47. The van der Waals surface area contributed by atoms with Crippen LogP contribution < -0.4 is 5.32 Å². The molecule has 124 valence electrons. The number of piperazine rings is 1. The first-order valence-corrected chi connectivity index (χ1v) is 7.93. The van der Waals surface area contributed by atoms with E-state index in [4.69, 9.17) is 4.74 Å². The van der Waals surface area contributed by atoms with Gasteiger partial charge in [0.25, 0.3) is 0 Å². The Hall–Kier alpha value is -1.79. The summed E-state index contributed by atoms with van der Waals surface area (Å²) in [7, 11) is 1.29. The average Bonchev–Trinajstić information content (AvgIpc) is 2.54. The number of nitrogens with one attached hydrogen (secondary N) is 1. The van der Waals surface area contributed by atoms with Gasteiger partial charge in [-0.1, -0.05) is 19.3 Å². The Morgan fingerprint density at radius 3 is 2.36 bits per heavy atom. The topological polar surface area (TPSA) is 79.0 Å². The molecule has 22 heavy (non-hydrogen) atoms. The lowest BCUT2D eigenvalue weighted by Crippen LogP contribution is -2.61. The molecule has 2 aliphatic rings. The summed E-state index contributed by atoms with van der Waals surface area (Å²) in [6.07, 6.45) is 5.55. The number of urea groups is 1. The fourth-order valence-corrected chi connectivity index (χ4v) is 3.19. The van der Waals surface area contributed by atoms with Crippen molar-refractivity contribution in [3.8, 4) is 0 Å². The lowest BCUT2D eigenvalue weighted by Gasteiger charge is -2.40. The molecular formula is C15H25N3O4. The van der Waals surface area contributed by atoms with Crippen LogP contribution in [0.2, 0.25) is 0 Å². The quantitative estimate of drug-likeness (QED) is 0.763. The fraction of sp³-hybridized carbons (Fsp3) is 0.800. The molecule has 7 nitrogen and oxygen atoms in total. The molecule has 0 aromatic carbocycles. The third kappa shape index (κ3) is 3.90. The predicted octanol–water partition coefficient (Wildman–Crippen LogP) is 0.734. The van der Waals surface area contributed by atoms with E-state index in [-0.39, 0.29) is 24.5 Å². The van der Waals surface area contributed by atoms with Crippen LogP contribution in [-0.2, 0) is 14.3 Å². The molecule has 0 aromatic rings. The monoisotopic (exact) mass is 311 g/mol. The molecule has 1 N–H and O–H groups in total. The number of nitrogens with zero attached hydrogens (tertiary/aromatic N) is 2. The van der Waals surface area contributed by atoms with Crippen LogP contribution in [0.25, 0.3) is 0 Å². The van der Waals surface area contributed by atoms with Gasteiger partial charge in [0.1, 0.15) is 6.04 Å². The first-order valence-electron chi connectivity index (χ1n) is 7.93. The van der Waals surface area contributed by atoms with Crippen molar-refractivity contribution >= 4 is 17.9 Å². The van der Waals surface area contributed by atoms with E-state index in [1.165, 1.54) is 25.4 Å². The average molecular weight is 311 g/mol. The van der Waals surface area contributed by atoms with Gasteiger partial charge < -0.3 is 19.9 Å². The van der Waals surface area contributed by atoms with E-state index in [0.29, 0.717) is 13.1 Å². The van der Waals surface area contributed by atoms with Crippen molar-refractivity contribution in [2.24, 2.45) is 0 Å². The molecule has 0 aromatic heterocycles. The second-order valence-electron chi connectivity index (χ2n) is 5.98. The van der Waals surface area contributed by atoms with Crippen molar-refractivity contribution in [2.45, 2.75) is 51.1 Å². The largest absolute Gasteiger partial charge is 0.467 e. The Bertz CT molecular complexity index is 435. The molecule has 0 unspecified atom stereocenters. The highest BCUT2D eigenvalue weighted by molar-refractivity contribution is 5.85. The fourth-order valence-electron chi connectivity index (χ4n) is 3.19. The van der Waals surface area contributed by atoms with Gasteiger partial charge in [0.05, 0.1) is 13.7 Å². The lowest BCUT2D eigenvalue weighted by molar-refractivity contribution is -0.154. The van der Waals surface area contributed by atoms with E-state index in [2.05, 4.69) is 5.32 Å². The van der Waals surface area contributed by atoms with Crippen molar-refractivity contribution in [3.05, 3.63) is 0 Å². The summed E-state index contributed by atoms with van der Waals surface area (Å²) >= 11 is 0. The van der Waals surface area contributed by atoms with E-state index < -0.39 is 12.0 Å². The Kier molecular flexibility index (Phi) is 5.63. The van der Waals surface area contributed by atoms with Gasteiger partial charge >= 0.3 is 12.0 Å². The van der Waals surface area contributed by atoms with E-state index in [0.717, 1.165) is 25.7 Å². The molecule has 0 bridgehead atoms. The highest BCUT2D eigenvalue weighted by atomic mass is 16.5. The van der Waals surface area contributed by atoms with Gasteiger partial charge in [-0.3, -0.25) is 4.79 Å². The summed E-state index contributed by atoms with van der Waals surface area (Å²) < 4.78 is 4.76. The van der Waals surface area contributed by atoms with Crippen LogP contribution >= 0.6 is 0 Å². The van der Waals surface area contributed by atoms with Gasteiger partial charge in [0.2, 0.25) is 5.91 Å². The maximum absolute atomic E-state index is 12.4. The number of carbonyl (C=O) groups excluding carboxylic acids is 3. The minimum absolute atomic E-state index is 0.149. The summed E-state index contributed by atoms with van der Waals surface area (Å²) in [4.78, 5) is 38.9. The van der Waals surface area contributed by atoms with Crippen molar-refractivity contribution in [1.29, 1.82) is 0 Å². The van der Waals surface area contributed by atoms with Gasteiger partial charge in [0, 0.05) is 26.1 Å². The van der Waals surface area contributed by atoms with E-state index in [1.54, 1.807) is 4.90 Å². The maximum atomic E-state index is 12.4. The number of ether oxygens (including phenoxy) is 1. The SMILES string of the molecule is COC(=O)[C@@H]1CN(C(=O)NC2CCCCC2)CCN1C(C)=O. The maximum Gasteiger partial charge on any atom is 0.330 e. The first-order chi connectivity index (χ1) is 10.5. The molecule has 1 heterocycles. The van der Waals surface area contributed by atoms with Crippen molar-refractivity contribution in [2.75, 3.05) is 26.7 Å². The summed E-state index contributed by atoms with van der Waals surface area (Å²) in [5.41, 5.74) is 0. The minimum atomic E-state index is -0.714. The second-order valence-corrected chi connectivity index (χ2v) is 5.98. The van der Waals surface area contributed by atoms with Crippen LogP contribution in [0.5, 0.6) is 0 Å². The zero-order valence-corrected chi connectivity index (χ0v) is 13.3. The van der Waals surface area contributed by atoms with E-state index in [1.807, 2.05) is 0 Å². The van der Waals surface area contributed by atoms with Crippen LogP contribution in [0, 0.1) is 0 Å². The number of hydrogen-bond acceptors (Lipinski definition) is 4. The van der Waals surface area contributed by atoms with Crippen LogP contribution in [0.1, 0.15) is 39.0 Å². The van der Waals surface area contributed by atoms with Crippen LogP contribution in [0.15, 0.2) is 0 Å². The zero-order valence-electron chi connectivity index (χ0n) is 13.3. The van der Waals surface area contributed by atoms with Crippen LogP contribution in [0.3, 0.4) is 0 Å². The van der Waals surface area contributed by atoms with E-state index in [9.17, 15) is 14.4 Å². The summed E-state index contributed by atoms with van der Waals surface area (Å²) in [6.45, 7) is 2.40. The Morgan fingerprint density at radius 1 is 1.09 bits per heavy atom. The smallest absolute Gasteiger partial charge is 0.330 e. The number of carbonyl (C=O) groups is 3. The molecule has 0 radical (unpaired) electrons. The van der Waals surface area contributed by atoms with Crippen LogP contribution in [0.4, 0.5) is 4.79 Å². The molecule has 1 saturated heterocycles. The minimum Gasteiger partial charge on any atom is -0.467 e. The Labute approximate surface area is 131 Å². The Balaban J connectivity index is 1.95. The first kappa shape index (κ1) is 16.6. The molecule has 2 rings (SSSR count). The number of esters is 1. The summed E-state index contributed by atoms with van der Waals surface area (Å²) in [5, 5.41) is 3.04. The molecule has 1 atom stereocenters. The zero-order chi connectivity index (χ0) is 16.1. The lowest BCUT2D eigenvalue weighted by atomic mass is 9.96. The van der Waals surface area contributed by atoms with Gasteiger partial charge in [-0.05, 0) is 12.8 Å². The molecule has 2 fully saturated rings. The number of amides is 3. The standard InChI is InChI=1S/C15H25N3O4/c1-11(19)18-9-8-17(10-13(18)14(20)22-2)15(21)16-12-6-4-3-5-7-12/h12-13H,3-10H2,1-2H3,(H,16,21)/t13-/m0/s1. The van der Waals surface area contributed by atoms with Gasteiger partial charge in [-0.2, -0.15) is 0 Å². The van der Waals surface area contributed by atoms with Crippen molar-refractivity contribution in [1.82, 2.24) is 15.1 Å². The molecule has 1 aliphatic heterocycles. The molecule has 7 heteroatoms. The molecular weight excluding hydrogens is 286 g/mol. The van der Waals surface area contributed by atoms with Gasteiger partial charge in [0.15, 0.2) is 0 Å². The van der Waals surface area contributed by atoms with Crippen LogP contribution in [-0.4, -0.2) is 66.5 Å². The van der Waals surface area contributed by atoms with Crippen molar-refractivity contribution < 1.29 is 19.1 Å². The number of hydrogen-bond donors (Lipinski definition) is 1. The Morgan fingerprint density at radius 2 is 1.77 bits per heavy atom. The molecule has 0 spiro atoms. The number of rotatable bonds is 2. The summed E-state index contributed by atoms with van der Waals surface area (Å²) in [5.74, 6) is -0.659. The van der Waals surface area contributed by atoms with E-state index >= 15 is 0 Å². The molecule has 1 saturated carbocycles. The normalized spacial score (nSPS) is 23.1. The number of methoxy groups -OCH3 is 1. The predicted molar refractivity (Wildman–Crippen MR) is 80.2 cm³/mol. The molecule has 3 amide bonds. The third-order valence-corrected chi connectivity index (χ3v) is 4.48. The summed E-state index contributed by atoms with van der Waals surface area (Å²) in [6, 6.07) is -0.638. The van der Waals surface area contributed by atoms with Gasteiger partial charge in [-0.25, -0.2) is 9.59 Å². The van der Waals surface area contributed by atoms with Gasteiger partial charge in [-0.15, -0.1) is 0 Å². The highest BCUT2D eigenvalue weighted by Crippen LogP contribution is 2.18. The highest BCUT2D eigenvalue weighted by Gasteiger charge is 2.36.